The molecule has 1 rings (SSSR count). The normalized spacial score (nSPS) is 11.8. The minimum absolute atomic E-state index is 0.0877. The molecule has 1 aromatic carbocycles. The second-order valence-electron chi connectivity index (χ2n) is 3.77. The monoisotopic (exact) mass is 274 g/mol. The van der Waals surface area contributed by atoms with Crippen molar-refractivity contribution in [2.75, 3.05) is 11.9 Å². The summed E-state index contributed by atoms with van der Waals surface area (Å²) in [6, 6.07) is 0.761. The molecule has 0 unspecified atom stereocenters. The molecule has 0 bridgehead atoms. The number of carbonyl (C=O) groups is 2. The molecule has 0 spiro atoms. The molecule has 1 aromatic rings. The maximum Gasteiger partial charge on any atom is 0.334 e. The summed E-state index contributed by atoms with van der Waals surface area (Å²) in [7, 11) is 0. The quantitative estimate of drug-likeness (QED) is 0.654. The zero-order valence-corrected chi connectivity index (χ0v) is 9.91. The average molecular weight is 274 g/mol. The Bertz CT molecular complexity index is 508. The first-order chi connectivity index (χ1) is 8.81. The third kappa shape index (κ3) is 4.18. The first kappa shape index (κ1) is 14.8. The fourth-order valence-corrected chi connectivity index (χ4v) is 1.19. The molecule has 6 nitrogen and oxygen atoms in total. The minimum Gasteiger partial charge on any atom is -0.479 e. The number of aliphatic hydroxyl groups is 1. The largest absolute Gasteiger partial charge is 0.479 e. The SMILES string of the molecule is Cc1cc(F)c(NC(=O)NC[C@H](O)C(=O)O)cc1F. The lowest BCUT2D eigenvalue weighted by Crippen LogP contribution is -2.38. The van der Waals surface area contributed by atoms with Gasteiger partial charge in [0.1, 0.15) is 11.6 Å². The van der Waals surface area contributed by atoms with Crippen molar-refractivity contribution in [2.45, 2.75) is 13.0 Å². The lowest BCUT2D eigenvalue weighted by Gasteiger charge is -2.10. The average Bonchev–Trinajstić information content (AvgIpc) is 2.32. The molecule has 0 fully saturated rings. The molecule has 4 N–H and O–H groups in total. The first-order valence-electron chi connectivity index (χ1n) is 5.22. The number of aliphatic hydroxyl groups excluding tert-OH is 1. The van der Waals surface area contributed by atoms with Gasteiger partial charge in [0.15, 0.2) is 6.10 Å². The van der Waals surface area contributed by atoms with Crippen LogP contribution >= 0.6 is 0 Å². The van der Waals surface area contributed by atoms with Gasteiger partial charge >= 0.3 is 12.0 Å². The number of carboxylic acids is 1. The number of halogens is 2. The predicted octanol–water partition coefficient (Wildman–Crippen LogP) is 0.840. The summed E-state index contributed by atoms with van der Waals surface area (Å²) in [5, 5.41) is 21.3. The Kier molecular flexibility index (Phi) is 4.76. The Hall–Kier alpha value is -2.22. The van der Waals surface area contributed by atoms with E-state index in [-0.39, 0.29) is 11.3 Å². The number of aryl methyl sites for hydroxylation is 1. The Balaban J connectivity index is 2.62. The van der Waals surface area contributed by atoms with E-state index in [1.54, 1.807) is 0 Å². The Morgan fingerprint density at radius 3 is 2.53 bits per heavy atom. The Morgan fingerprint density at radius 1 is 1.32 bits per heavy atom. The van der Waals surface area contributed by atoms with E-state index in [4.69, 9.17) is 10.2 Å². The number of aliphatic carboxylic acids is 1. The molecule has 1 atom stereocenters. The smallest absolute Gasteiger partial charge is 0.334 e. The summed E-state index contributed by atoms with van der Waals surface area (Å²) in [6.07, 6.45) is -1.77. The van der Waals surface area contributed by atoms with Crippen LogP contribution in [0.25, 0.3) is 0 Å². The van der Waals surface area contributed by atoms with Gasteiger partial charge in [0, 0.05) is 6.07 Å². The molecule has 0 radical (unpaired) electrons. The van der Waals surface area contributed by atoms with Crippen molar-refractivity contribution in [3.05, 3.63) is 29.3 Å². The second-order valence-corrected chi connectivity index (χ2v) is 3.77. The van der Waals surface area contributed by atoms with Crippen LogP contribution in [0.3, 0.4) is 0 Å². The van der Waals surface area contributed by atoms with Crippen molar-refractivity contribution in [1.29, 1.82) is 0 Å². The van der Waals surface area contributed by atoms with Crippen LogP contribution in [0.5, 0.6) is 0 Å². The molecule has 8 heteroatoms. The van der Waals surface area contributed by atoms with Crippen molar-refractivity contribution < 1.29 is 28.6 Å². The van der Waals surface area contributed by atoms with E-state index in [1.165, 1.54) is 6.92 Å². The Labute approximate surface area is 107 Å². The van der Waals surface area contributed by atoms with Gasteiger partial charge in [-0.05, 0) is 18.6 Å². The number of hydrogen-bond donors (Lipinski definition) is 4. The van der Waals surface area contributed by atoms with Crippen molar-refractivity contribution in [3.63, 3.8) is 0 Å². The van der Waals surface area contributed by atoms with Gasteiger partial charge in [0.05, 0.1) is 12.2 Å². The highest BCUT2D eigenvalue weighted by Gasteiger charge is 2.15. The summed E-state index contributed by atoms with van der Waals surface area (Å²) in [5.74, 6) is -3.03. The second kappa shape index (κ2) is 6.10. The first-order valence-corrected chi connectivity index (χ1v) is 5.22. The fraction of sp³-hybridized carbons (Fsp3) is 0.273. The van der Waals surface area contributed by atoms with Gasteiger partial charge in [0.2, 0.25) is 0 Å². The fourth-order valence-electron chi connectivity index (χ4n) is 1.19. The summed E-state index contributed by atoms with van der Waals surface area (Å²) >= 11 is 0. The number of urea groups is 1. The maximum absolute atomic E-state index is 13.4. The maximum atomic E-state index is 13.4. The number of benzene rings is 1. The highest BCUT2D eigenvalue weighted by atomic mass is 19.1. The molecule has 104 valence electrons. The van der Waals surface area contributed by atoms with E-state index in [0.29, 0.717) is 0 Å². The zero-order chi connectivity index (χ0) is 14.6. The number of amides is 2. The summed E-state index contributed by atoms with van der Waals surface area (Å²) in [6.45, 7) is 0.808. The molecular weight excluding hydrogens is 262 g/mol. The molecule has 0 saturated carbocycles. The van der Waals surface area contributed by atoms with Gasteiger partial charge in [-0.2, -0.15) is 0 Å². The van der Waals surface area contributed by atoms with Crippen molar-refractivity contribution in [2.24, 2.45) is 0 Å². The molecule has 0 heterocycles. The number of rotatable bonds is 4. The van der Waals surface area contributed by atoms with Crippen LogP contribution in [-0.2, 0) is 4.79 Å². The van der Waals surface area contributed by atoms with Crippen LogP contribution in [0.15, 0.2) is 12.1 Å². The van der Waals surface area contributed by atoms with Crippen LogP contribution in [-0.4, -0.2) is 34.9 Å². The molecule has 0 aliphatic rings. The third-order valence-electron chi connectivity index (χ3n) is 2.24. The summed E-state index contributed by atoms with van der Waals surface area (Å²) < 4.78 is 26.5. The Morgan fingerprint density at radius 2 is 1.95 bits per heavy atom. The van der Waals surface area contributed by atoms with Gasteiger partial charge < -0.3 is 20.8 Å². The molecular formula is C11H12F2N2O4. The van der Waals surface area contributed by atoms with E-state index >= 15 is 0 Å². The van der Waals surface area contributed by atoms with E-state index in [1.807, 2.05) is 10.6 Å². The van der Waals surface area contributed by atoms with E-state index in [0.717, 1.165) is 12.1 Å². The zero-order valence-electron chi connectivity index (χ0n) is 9.91. The summed E-state index contributed by atoms with van der Waals surface area (Å²) in [5.41, 5.74) is -0.296. The predicted molar refractivity (Wildman–Crippen MR) is 61.8 cm³/mol. The van der Waals surface area contributed by atoms with Crippen molar-refractivity contribution in [1.82, 2.24) is 5.32 Å². The summed E-state index contributed by atoms with van der Waals surface area (Å²) in [4.78, 5) is 21.5. The topological polar surface area (TPSA) is 98.7 Å². The lowest BCUT2D eigenvalue weighted by atomic mass is 10.2. The van der Waals surface area contributed by atoms with Gasteiger partial charge in [-0.15, -0.1) is 0 Å². The van der Waals surface area contributed by atoms with Gasteiger partial charge in [-0.1, -0.05) is 0 Å². The van der Waals surface area contributed by atoms with Crippen LogP contribution < -0.4 is 10.6 Å². The highest BCUT2D eigenvalue weighted by Crippen LogP contribution is 2.18. The van der Waals surface area contributed by atoms with Crippen molar-refractivity contribution >= 4 is 17.7 Å². The van der Waals surface area contributed by atoms with E-state index in [9.17, 15) is 18.4 Å². The lowest BCUT2D eigenvalue weighted by molar-refractivity contribution is -0.146. The highest BCUT2D eigenvalue weighted by molar-refractivity contribution is 5.89. The van der Waals surface area contributed by atoms with Crippen LogP contribution in [0.4, 0.5) is 19.3 Å². The van der Waals surface area contributed by atoms with Crippen molar-refractivity contribution in [3.8, 4) is 0 Å². The standard InChI is InChI=1S/C11H12F2N2O4/c1-5-2-7(13)8(3-6(5)12)15-11(19)14-4-9(16)10(17)18/h2-3,9,16H,4H2,1H3,(H,17,18)(H2,14,15,19)/t9-/m0/s1. The number of carboxylic acid groups (broad SMARTS) is 1. The number of hydrogen-bond acceptors (Lipinski definition) is 3. The minimum atomic E-state index is -1.77. The van der Waals surface area contributed by atoms with Crippen LogP contribution in [0.1, 0.15) is 5.56 Å². The van der Waals surface area contributed by atoms with Gasteiger partial charge in [0.25, 0.3) is 0 Å². The number of carbonyl (C=O) groups excluding carboxylic acids is 1. The molecule has 0 aromatic heterocycles. The molecule has 0 aliphatic heterocycles. The van der Waals surface area contributed by atoms with E-state index in [2.05, 4.69) is 0 Å². The van der Waals surface area contributed by atoms with Crippen LogP contribution in [0, 0.1) is 18.6 Å². The third-order valence-corrected chi connectivity index (χ3v) is 2.24. The van der Waals surface area contributed by atoms with Gasteiger partial charge in [-0.25, -0.2) is 18.4 Å². The van der Waals surface area contributed by atoms with Crippen LogP contribution in [0.2, 0.25) is 0 Å². The number of anilines is 1. The number of nitrogens with one attached hydrogen (secondary N) is 2. The van der Waals surface area contributed by atoms with E-state index < -0.39 is 36.3 Å². The van der Waals surface area contributed by atoms with Gasteiger partial charge in [-0.3, -0.25) is 0 Å². The molecule has 0 aliphatic carbocycles. The molecule has 0 saturated heterocycles. The molecule has 2 amide bonds. The molecule has 19 heavy (non-hydrogen) atoms.